The highest BCUT2D eigenvalue weighted by atomic mass is 79.9. The van der Waals surface area contributed by atoms with Crippen molar-refractivity contribution in [2.75, 3.05) is 23.7 Å². The van der Waals surface area contributed by atoms with E-state index in [-0.39, 0.29) is 56.0 Å². The maximum Gasteiger partial charge on any atom is 0.330 e. The van der Waals surface area contributed by atoms with Crippen LogP contribution in [0.1, 0.15) is 129 Å². The second kappa shape index (κ2) is 29.5. The minimum atomic E-state index is -3.93. The number of hydrogen-bond acceptors (Lipinski definition) is 18. The van der Waals surface area contributed by atoms with Gasteiger partial charge in [-0.1, -0.05) is 141 Å². The summed E-state index contributed by atoms with van der Waals surface area (Å²) < 4.78 is 64.3. The summed E-state index contributed by atoms with van der Waals surface area (Å²) in [6, 6.07) is 27.7. The number of sulfonamides is 2. The second-order valence-electron chi connectivity index (χ2n) is 27.6. The van der Waals surface area contributed by atoms with Crippen molar-refractivity contribution in [1.82, 2.24) is 35.1 Å². The summed E-state index contributed by atoms with van der Waals surface area (Å²) >= 11 is 9.78. The van der Waals surface area contributed by atoms with E-state index in [1.807, 2.05) is 121 Å². The number of rotatable bonds is 13. The summed E-state index contributed by atoms with van der Waals surface area (Å²) in [6.07, 6.45) is 18.4. The Morgan fingerprint density at radius 1 is 0.616 bits per heavy atom. The van der Waals surface area contributed by atoms with Crippen LogP contribution in [0.5, 0.6) is 10.4 Å². The lowest BCUT2D eigenvalue weighted by Gasteiger charge is -2.30. The number of halogens is 2. The number of carbonyl (C=O) groups is 6. The Labute approximate surface area is 600 Å². The number of anilines is 2. The van der Waals surface area contributed by atoms with Crippen LogP contribution in [0.3, 0.4) is 0 Å². The van der Waals surface area contributed by atoms with Gasteiger partial charge < -0.3 is 45.6 Å². The first-order valence-corrected chi connectivity index (χ1v) is 40.0. The number of carboxylic acids is 1. The second-order valence-corrected chi connectivity index (χ2v) is 35.7. The van der Waals surface area contributed by atoms with Gasteiger partial charge in [0, 0.05) is 45.0 Å². The number of ether oxygens (including phenoxy) is 2. The number of fused-ring (bicyclic) bond motifs is 6. The minimum Gasteiger partial charge on any atom is -0.479 e. The van der Waals surface area contributed by atoms with E-state index in [2.05, 4.69) is 67.8 Å². The quantitative estimate of drug-likeness (QED) is 0.0528. The van der Waals surface area contributed by atoms with Crippen LogP contribution in [0.15, 0.2) is 130 Å². The normalized spacial score (nSPS) is 28.7. The van der Waals surface area contributed by atoms with Gasteiger partial charge in [0.15, 0.2) is 0 Å². The number of carboxylic acid groups (broad SMARTS) is 1. The number of nitrogens with zero attached hydrogens (tertiary/aromatic N) is 4. The van der Waals surface area contributed by atoms with Crippen LogP contribution >= 0.6 is 54.5 Å². The molecule has 0 radical (unpaired) electrons. The molecule has 10 atom stereocenters. The van der Waals surface area contributed by atoms with Crippen LogP contribution in [0.2, 0.25) is 0 Å². The summed E-state index contributed by atoms with van der Waals surface area (Å²) in [5.41, 5.74) is 0.454. The average molecular weight is 1560 g/mol. The Bertz CT molecular complexity index is 4330. The summed E-state index contributed by atoms with van der Waals surface area (Å²) in [6.45, 7) is 3.64. The number of carbonyl (C=O) groups excluding carboxylic acids is 5. The van der Waals surface area contributed by atoms with Crippen LogP contribution in [-0.4, -0.2) is 147 Å². The van der Waals surface area contributed by atoms with E-state index in [1.165, 1.54) is 22.7 Å². The number of aliphatic carboxylic acids is 1. The topological polar surface area (TPSA) is 328 Å². The molecule has 6 fully saturated rings. The number of aromatic nitrogens is 2. The molecule has 6 aromatic rings. The largest absolute Gasteiger partial charge is 0.479 e. The molecular formula is C70H82Br2N10O13S4. The van der Waals surface area contributed by atoms with Gasteiger partial charge in [0.1, 0.15) is 47.5 Å². The van der Waals surface area contributed by atoms with E-state index >= 15 is 0 Å². The fourth-order valence-electron chi connectivity index (χ4n) is 13.2. The standard InChI is InChI=1S/C35H40BrN5O6S2.C31H33BrN4O5S.C4H9NO2S/c1-34(16-17-34)49(45,46)40-32(44)35-20-22(35)10-6-3-2-4-9-13-27(37-24-11-7-5-8-12-24)31(43)41-21-25(19-28(41)30(42)39-35)47-33-38-26-15-14-23(36)18-29(26)48-33;32-20-13-14-23-26(15-20)42-30(34-23)41-22-16-25-27(37)35-31(29(39)40)17-19(31)9-5-2-1-3-8-12-24(28(38)36(25)18-22)33-21-10-6-4-7-11-21;1-4(2-3-4)8(5,6)7/h5-8,10-12,14-15,18,22,25,27-28,37H,2-4,9,13,16-17,19-21H2,1H3,(H,39,42)(H,40,44);4-7,9-11,13-15,19,22,24-25,33H,1-3,8,12,16-18H2,(H,35,37)(H,39,40);2-3H2,1H3,(H2,5,6,7)/b10-6-;9-5-;/t22-,25-,27+,28+,35-;19-,22-,24+,25+,31-;/m11./s1. The summed E-state index contributed by atoms with van der Waals surface area (Å²) in [5.74, 6) is -3.82. The predicted molar refractivity (Wildman–Crippen MR) is 387 cm³/mol. The minimum absolute atomic E-state index is 0.152. The van der Waals surface area contributed by atoms with Gasteiger partial charge in [0.25, 0.3) is 16.3 Å². The number of hydrogen-bond donors (Lipinski definition) is 7. The predicted octanol–water partition coefficient (Wildman–Crippen LogP) is 10.5. The Balaban J connectivity index is 0.000000170. The number of nitrogens with two attached hydrogens (primary N) is 1. The van der Waals surface area contributed by atoms with Crippen molar-refractivity contribution in [2.45, 2.75) is 186 Å². The third kappa shape index (κ3) is 16.7. The first-order valence-electron chi connectivity index (χ1n) is 33.7. The van der Waals surface area contributed by atoms with Crippen LogP contribution < -0.4 is 40.6 Å². The lowest BCUT2D eigenvalue weighted by atomic mass is 10.0. The number of nitrogens with one attached hydrogen (secondary N) is 5. The number of para-hydroxylation sites is 2. The third-order valence-electron chi connectivity index (χ3n) is 20.2. The zero-order chi connectivity index (χ0) is 70.1. The van der Waals surface area contributed by atoms with Gasteiger partial charge in [-0.15, -0.1) is 0 Å². The summed E-state index contributed by atoms with van der Waals surface area (Å²) in [4.78, 5) is 95.1. The van der Waals surface area contributed by atoms with Crippen LogP contribution in [-0.2, 0) is 48.8 Å². The van der Waals surface area contributed by atoms with E-state index < -0.39 is 101 Å². The molecule has 8 N–H and O–H groups in total. The molecule has 6 heterocycles. The lowest BCUT2D eigenvalue weighted by molar-refractivity contribution is -0.145. The van der Waals surface area contributed by atoms with Gasteiger partial charge >= 0.3 is 5.97 Å². The Morgan fingerprint density at radius 3 is 1.47 bits per heavy atom. The van der Waals surface area contributed by atoms with Crippen molar-refractivity contribution in [3.63, 3.8) is 0 Å². The van der Waals surface area contributed by atoms with Crippen molar-refractivity contribution >= 4 is 142 Å². The molecule has 0 spiro atoms. The highest BCUT2D eigenvalue weighted by Gasteiger charge is 2.64. The molecule has 0 bridgehead atoms. The van der Waals surface area contributed by atoms with Gasteiger partial charge in [0.2, 0.25) is 43.7 Å². The summed E-state index contributed by atoms with van der Waals surface area (Å²) in [5, 5.41) is 28.4. The van der Waals surface area contributed by atoms with Crippen LogP contribution in [0.4, 0.5) is 11.4 Å². The number of thiazole rings is 2. The smallest absolute Gasteiger partial charge is 0.330 e. The molecule has 4 aliphatic carbocycles. The molecule has 2 saturated heterocycles. The molecule has 2 aromatic heterocycles. The number of allylic oxidation sites excluding steroid dienone is 2. The molecule has 99 heavy (non-hydrogen) atoms. The molecule has 29 heteroatoms. The molecule has 23 nitrogen and oxygen atoms in total. The van der Waals surface area contributed by atoms with Crippen molar-refractivity contribution in [3.05, 3.63) is 130 Å². The first kappa shape index (κ1) is 71.8. The molecule has 4 saturated carbocycles. The number of amides is 5. The van der Waals surface area contributed by atoms with Crippen molar-refractivity contribution in [1.29, 1.82) is 0 Å². The molecule has 5 amide bonds. The molecule has 14 rings (SSSR count). The van der Waals surface area contributed by atoms with Crippen molar-refractivity contribution in [2.24, 2.45) is 17.0 Å². The number of primary sulfonamides is 1. The first-order chi connectivity index (χ1) is 47.2. The zero-order valence-electron chi connectivity index (χ0n) is 54.9. The Morgan fingerprint density at radius 2 is 1.05 bits per heavy atom. The monoisotopic (exact) mass is 1560 g/mol. The SMILES string of the molecule is CC1(S(=O)(=O)NC(=O)[C@@]23C[C@H]2/C=C\CCCCC[C@H](Nc2ccccc2)C(=O)N2C[C@H](Oc4nc5ccc(Br)cc5s4)C[C@H]2C(=O)N3)CC1.CC1(S(N)(=O)=O)CC1.O=C1N[C@]2(C(=O)O)C[C@H]2/C=C\CCCCC[C@H](Nc2ccccc2)C(=O)N2C[C@H](Oc3nc4ccc(Br)cc4s3)C[C@@H]12. The van der Waals surface area contributed by atoms with Crippen LogP contribution in [0, 0.1) is 11.8 Å². The zero-order valence-corrected chi connectivity index (χ0v) is 61.3. The molecule has 0 unspecified atom stereocenters. The Kier molecular flexibility index (Phi) is 21.4. The van der Waals surface area contributed by atoms with E-state index in [9.17, 15) is 50.7 Å². The Hall–Kier alpha value is -7.02. The lowest BCUT2D eigenvalue weighted by Crippen LogP contribution is -2.58. The van der Waals surface area contributed by atoms with Gasteiger partial charge in [-0.25, -0.2) is 36.7 Å². The summed E-state index contributed by atoms with van der Waals surface area (Å²) in [7, 11) is -7.16. The molecule has 8 aliphatic rings. The number of benzene rings is 4. The molecular weight excluding hydrogens is 1480 g/mol. The van der Waals surface area contributed by atoms with Gasteiger partial charge in [-0.2, -0.15) is 0 Å². The van der Waals surface area contributed by atoms with Crippen molar-refractivity contribution < 1.29 is 60.2 Å². The third-order valence-corrected chi connectivity index (χ3v) is 26.9. The molecule has 528 valence electrons. The van der Waals surface area contributed by atoms with E-state index in [4.69, 9.17) is 14.6 Å². The van der Waals surface area contributed by atoms with E-state index in [0.29, 0.717) is 42.5 Å². The highest BCUT2D eigenvalue weighted by molar-refractivity contribution is 9.10. The van der Waals surface area contributed by atoms with Gasteiger partial charge in [-0.05, 0) is 152 Å². The van der Waals surface area contributed by atoms with Gasteiger partial charge in [0.05, 0.1) is 43.0 Å². The van der Waals surface area contributed by atoms with E-state index in [0.717, 1.165) is 105 Å². The molecule has 4 aliphatic heterocycles. The molecule has 4 aromatic carbocycles. The fourth-order valence-corrected chi connectivity index (χ4v) is 18.0. The average Bonchev–Trinajstić information content (AvgIpc) is 1.56. The van der Waals surface area contributed by atoms with Crippen LogP contribution in [0.25, 0.3) is 20.4 Å². The van der Waals surface area contributed by atoms with E-state index in [1.54, 1.807) is 23.6 Å². The maximum atomic E-state index is 14.4. The van der Waals surface area contributed by atoms with Crippen molar-refractivity contribution in [3.8, 4) is 10.4 Å². The van der Waals surface area contributed by atoms with Gasteiger partial charge in [-0.3, -0.25) is 28.7 Å². The maximum absolute atomic E-state index is 14.4. The highest BCUT2D eigenvalue weighted by Crippen LogP contribution is 2.49. The fraction of sp³-hybridized carbons (Fsp3) is 0.486.